The molecule has 0 aliphatic heterocycles. The Labute approximate surface area is 57.5 Å². The first-order valence-electron chi connectivity index (χ1n) is 2.77. The Hall–Kier alpha value is 0.170. The van der Waals surface area contributed by atoms with Crippen LogP contribution in [0.15, 0.2) is 0 Å². The zero-order chi connectivity index (χ0) is 8.28. The molecule has 0 aliphatic rings. The number of hydrogen-bond acceptors (Lipinski definition) is 3. The maximum absolute atomic E-state index is 11.5. The number of halogens is 2. The molecule has 0 unspecified atom stereocenters. The third kappa shape index (κ3) is 4.06. The predicted molar refractivity (Wildman–Crippen MR) is 35.3 cm³/mol. The minimum absolute atomic E-state index is 0.768. The molecule has 0 bridgehead atoms. The summed E-state index contributed by atoms with van der Waals surface area (Å²) in [7, 11) is -4.91. The third-order valence-electron chi connectivity index (χ3n) is 1.09. The first kappa shape index (κ1) is 10.2. The molecule has 0 rings (SSSR count). The van der Waals surface area contributed by atoms with Crippen molar-refractivity contribution in [3.8, 4) is 0 Å². The third-order valence-corrected chi connectivity index (χ3v) is 3.26. The van der Waals surface area contributed by atoms with Gasteiger partial charge in [0.2, 0.25) is 0 Å². The van der Waals surface area contributed by atoms with Crippen molar-refractivity contribution >= 4 is 7.28 Å². The van der Waals surface area contributed by atoms with Gasteiger partial charge in [0.15, 0.2) is 0 Å². The van der Waals surface area contributed by atoms with Gasteiger partial charge >= 0.3 is 56.4 Å². The van der Waals surface area contributed by atoms with Crippen molar-refractivity contribution < 1.29 is 23.5 Å². The molecule has 0 aromatic rings. The van der Waals surface area contributed by atoms with Crippen LogP contribution in [0.5, 0.6) is 0 Å². The van der Waals surface area contributed by atoms with E-state index in [0.29, 0.717) is 0 Å². The molecule has 0 saturated carbocycles. The van der Waals surface area contributed by atoms with E-state index >= 15 is 0 Å². The summed E-state index contributed by atoms with van der Waals surface area (Å²) >= 11 is 0. The fourth-order valence-corrected chi connectivity index (χ4v) is 1.37. The average Bonchev–Trinajstić information content (AvgIpc) is 1.61. The van der Waals surface area contributed by atoms with Crippen LogP contribution in [0.25, 0.3) is 0 Å². The monoisotopic (exact) mass is 176 g/mol. The van der Waals surface area contributed by atoms with Crippen molar-refractivity contribution in [2.24, 2.45) is 0 Å². The van der Waals surface area contributed by atoms with Gasteiger partial charge in [0.05, 0.1) is 0 Å². The van der Waals surface area contributed by atoms with E-state index in [-0.39, 0.29) is 0 Å². The molecule has 6 heteroatoms. The van der Waals surface area contributed by atoms with Crippen LogP contribution < -0.4 is 0 Å². The van der Waals surface area contributed by atoms with Gasteiger partial charge in [-0.2, -0.15) is 0 Å². The fourth-order valence-electron chi connectivity index (χ4n) is 0.458. The molecule has 0 radical (unpaired) electrons. The second-order valence-electron chi connectivity index (χ2n) is 2.17. The summed E-state index contributed by atoms with van der Waals surface area (Å²) in [6.45, 7) is -2.11. The quantitative estimate of drug-likeness (QED) is 0.536. The second-order valence-corrected chi connectivity index (χ2v) is 5.74. The van der Waals surface area contributed by atoms with Crippen molar-refractivity contribution in [1.29, 1.82) is 0 Å². The number of alkyl halides is 2. The van der Waals surface area contributed by atoms with Crippen molar-refractivity contribution in [3.05, 3.63) is 0 Å². The standard InChI is InChI=1S/C4H11F2O3P/c5-1-3-10(7,8,9)4-2-6/h7-9H,1-4H2. The molecular formula is C4H11F2O3P. The molecule has 0 aromatic heterocycles. The molecular weight excluding hydrogens is 165 g/mol. The second kappa shape index (κ2) is 3.05. The molecule has 64 valence electrons. The van der Waals surface area contributed by atoms with Gasteiger partial charge < -0.3 is 0 Å². The van der Waals surface area contributed by atoms with E-state index in [4.69, 9.17) is 14.7 Å². The van der Waals surface area contributed by atoms with E-state index in [0.717, 1.165) is 0 Å². The summed E-state index contributed by atoms with van der Waals surface area (Å²) in [6, 6.07) is 0. The van der Waals surface area contributed by atoms with Crippen LogP contribution in [-0.4, -0.2) is 40.4 Å². The van der Waals surface area contributed by atoms with Crippen LogP contribution in [-0.2, 0) is 0 Å². The molecule has 0 aliphatic carbocycles. The van der Waals surface area contributed by atoms with Gasteiger partial charge in [-0.3, -0.25) is 0 Å². The van der Waals surface area contributed by atoms with Crippen LogP contribution in [0.2, 0.25) is 0 Å². The van der Waals surface area contributed by atoms with E-state index in [1.807, 2.05) is 0 Å². The average molecular weight is 176 g/mol. The topological polar surface area (TPSA) is 60.7 Å². The molecule has 0 heterocycles. The summed E-state index contributed by atoms with van der Waals surface area (Å²) in [4.78, 5) is 26.2. The zero-order valence-electron chi connectivity index (χ0n) is 5.37. The Morgan fingerprint density at radius 1 is 0.900 bits per heavy atom. The van der Waals surface area contributed by atoms with E-state index < -0.39 is 33.0 Å². The van der Waals surface area contributed by atoms with Gasteiger partial charge in [0.25, 0.3) is 0 Å². The van der Waals surface area contributed by atoms with Crippen molar-refractivity contribution in [2.75, 3.05) is 25.7 Å². The van der Waals surface area contributed by atoms with Gasteiger partial charge in [0.1, 0.15) is 0 Å². The number of hydrogen-bond donors (Lipinski definition) is 3. The van der Waals surface area contributed by atoms with Gasteiger partial charge in [-0.1, -0.05) is 0 Å². The number of rotatable bonds is 4. The van der Waals surface area contributed by atoms with Crippen LogP contribution >= 0.6 is 7.28 Å². The van der Waals surface area contributed by atoms with E-state index in [2.05, 4.69) is 0 Å². The molecule has 0 atom stereocenters. The summed E-state index contributed by atoms with van der Waals surface area (Å²) in [5.41, 5.74) is 0. The molecule has 3 nitrogen and oxygen atoms in total. The minimum atomic E-state index is -4.91. The zero-order valence-corrected chi connectivity index (χ0v) is 6.27. The van der Waals surface area contributed by atoms with Gasteiger partial charge in [-0.05, 0) is 0 Å². The van der Waals surface area contributed by atoms with Crippen LogP contribution in [0.4, 0.5) is 8.78 Å². The molecule has 0 fully saturated rings. The summed E-state index contributed by atoms with van der Waals surface area (Å²) in [5, 5.41) is 0. The molecule has 0 amide bonds. The maximum atomic E-state index is 11.5. The SMILES string of the molecule is OP(O)(O)(CCF)CCF. The Bertz CT molecular complexity index is 101. The van der Waals surface area contributed by atoms with Crippen LogP contribution in [0, 0.1) is 0 Å². The first-order chi connectivity index (χ1) is 4.39. The summed E-state index contributed by atoms with van der Waals surface area (Å²) < 4.78 is 23.0. The van der Waals surface area contributed by atoms with Gasteiger partial charge in [-0.25, -0.2) is 0 Å². The Kier molecular flexibility index (Phi) is 3.10. The molecule has 0 spiro atoms. The first-order valence-corrected chi connectivity index (χ1v) is 5.23. The Balaban J connectivity index is 3.97. The van der Waals surface area contributed by atoms with E-state index in [9.17, 15) is 8.78 Å². The van der Waals surface area contributed by atoms with Crippen molar-refractivity contribution in [3.63, 3.8) is 0 Å². The predicted octanol–water partition coefficient (Wildman–Crippen LogP) is 0.201. The molecule has 10 heavy (non-hydrogen) atoms. The van der Waals surface area contributed by atoms with Gasteiger partial charge in [-0.15, -0.1) is 0 Å². The van der Waals surface area contributed by atoms with E-state index in [1.165, 1.54) is 0 Å². The van der Waals surface area contributed by atoms with Crippen LogP contribution in [0.1, 0.15) is 0 Å². The Morgan fingerprint density at radius 3 is 1.40 bits per heavy atom. The molecule has 0 aromatic carbocycles. The molecule has 3 N–H and O–H groups in total. The van der Waals surface area contributed by atoms with Crippen molar-refractivity contribution in [1.82, 2.24) is 0 Å². The summed E-state index contributed by atoms with van der Waals surface area (Å²) in [5.74, 6) is 0. The normalized spacial score (nSPS) is 16.3. The Morgan fingerprint density at radius 2 is 1.20 bits per heavy atom. The van der Waals surface area contributed by atoms with Crippen molar-refractivity contribution in [2.45, 2.75) is 0 Å². The van der Waals surface area contributed by atoms with E-state index in [1.54, 1.807) is 0 Å². The molecule has 0 saturated heterocycles. The van der Waals surface area contributed by atoms with Crippen LogP contribution in [0.3, 0.4) is 0 Å². The summed E-state index contributed by atoms with van der Waals surface area (Å²) in [6.07, 6.45) is -1.54. The van der Waals surface area contributed by atoms with Gasteiger partial charge in [0, 0.05) is 0 Å². The fraction of sp³-hybridized carbons (Fsp3) is 1.00.